The first-order valence-corrected chi connectivity index (χ1v) is 17.0. The summed E-state index contributed by atoms with van der Waals surface area (Å²) < 4.78 is 42.8. The Balaban J connectivity index is 1.75. The molecular formula is C35H45FN4O6S. The van der Waals surface area contributed by atoms with Crippen LogP contribution in [0.3, 0.4) is 0 Å². The number of halogens is 1. The molecule has 4 rings (SSSR count). The number of hydrogen-bond acceptors (Lipinski definition) is 7. The van der Waals surface area contributed by atoms with Crippen LogP contribution in [0.1, 0.15) is 97.3 Å². The fourth-order valence-electron chi connectivity index (χ4n) is 5.61. The van der Waals surface area contributed by atoms with Gasteiger partial charge in [-0.25, -0.2) is 18.1 Å². The highest BCUT2D eigenvalue weighted by Crippen LogP contribution is 2.43. The van der Waals surface area contributed by atoms with Crippen LogP contribution >= 0.6 is 0 Å². The van der Waals surface area contributed by atoms with Crippen molar-refractivity contribution in [3.8, 4) is 6.07 Å². The summed E-state index contributed by atoms with van der Waals surface area (Å²) in [6.07, 6.45) is 1.99. The Labute approximate surface area is 279 Å². The monoisotopic (exact) mass is 668 g/mol. The van der Waals surface area contributed by atoms with Gasteiger partial charge in [-0.2, -0.15) is 5.26 Å². The van der Waals surface area contributed by atoms with Crippen molar-refractivity contribution in [3.05, 3.63) is 65.0 Å². The van der Waals surface area contributed by atoms with Crippen molar-refractivity contribution >= 4 is 34.6 Å². The van der Waals surface area contributed by atoms with Crippen LogP contribution in [-0.2, 0) is 35.6 Å². The molecule has 0 aromatic heterocycles. The number of carbonyl (C=O) groups excluding carboxylic acids is 3. The number of nitriles is 1. The van der Waals surface area contributed by atoms with Crippen LogP contribution < -0.4 is 10.0 Å². The topological polar surface area (TPSA) is 138 Å². The van der Waals surface area contributed by atoms with Crippen molar-refractivity contribution in [3.63, 3.8) is 0 Å². The van der Waals surface area contributed by atoms with Crippen LogP contribution in [0, 0.1) is 23.1 Å². The summed E-state index contributed by atoms with van der Waals surface area (Å²) >= 11 is 0. The predicted molar refractivity (Wildman–Crippen MR) is 177 cm³/mol. The Morgan fingerprint density at radius 2 is 1.74 bits per heavy atom. The number of likely N-dealkylation sites (tertiary alicyclic amines) is 1. The van der Waals surface area contributed by atoms with E-state index in [1.165, 1.54) is 24.0 Å². The first-order chi connectivity index (χ1) is 21.9. The zero-order chi connectivity index (χ0) is 34.7. The number of nitrogens with one attached hydrogen (secondary N) is 2. The van der Waals surface area contributed by atoms with E-state index in [0.29, 0.717) is 29.0 Å². The average Bonchev–Trinajstić information content (AvgIpc) is 3.72. The van der Waals surface area contributed by atoms with E-state index in [4.69, 9.17) is 9.47 Å². The standard InChI is InChI=1S/C35H45FN4O6S/c1-22(41)45-27-19-30(40(21-27)32(43)46-33(2,3)4)31(42)38-29-18-26(13-14-28(29)36)35(16-15-23-11-12-23,39-47(44)34(5,6)7)25-10-8-9-24(17-25)20-37/h8-10,13-14,17-18,23,27,30,39H,11-12,15-16,19,21H2,1-7H3,(H,38,42)/t27?,30?,35?,47-/m1/s1. The number of nitrogens with zero attached hydrogens (tertiary/aromatic N) is 2. The van der Waals surface area contributed by atoms with E-state index in [-0.39, 0.29) is 18.7 Å². The van der Waals surface area contributed by atoms with E-state index in [9.17, 15) is 23.9 Å². The average molecular weight is 669 g/mol. The van der Waals surface area contributed by atoms with Gasteiger partial charge in [-0.1, -0.05) is 31.0 Å². The van der Waals surface area contributed by atoms with Gasteiger partial charge in [-0.15, -0.1) is 0 Å². The molecule has 4 atom stereocenters. The van der Waals surface area contributed by atoms with Gasteiger partial charge in [0.1, 0.15) is 23.6 Å². The second-order valence-corrected chi connectivity index (χ2v) is 16.3. The van der Waals surface area contributed by atoms with Crippen molar-refractivity contribution in [2.75, 3.05) is 11.9 Å². The third kappa shape index (κ3) is 9.17. The molecular weight excluding hydrogens is 623 g/mol. The van der Waals surface area contributed by atoms with Gasteiger partial charge in [0.2, 0.25) is 5.91 Å². The van der Waals surface area contributed by atoms with Crippen LogP contribution in [0.4, 0.5) is 14.9 Å². The van der Waals surface area contributed by atoms with E-state index < -0.39 is 62.8 Å². The Morgan fingerprint density at radius 3 is 2.34 bits per heavy atom. The smallest absolute Gasteiger partial charge is 0.411 e. The summed E-state index contributed by atoms with van der Waals surface area (Å²) in [5.74, 6) is -1.44. The molecule has 2 fully saturated rings. The molecule has 47 heavy (non-hydrogen) atoms. The van der Waals surface area contributed by atoms with E-state index in [1.807, 2.05) is 26.8 Å². The number of anilines is 1. The lowest BCUT2D eigenvalue weighted by Gasteiger charge is -2.38. The predicted octanol–water partition coefficient (Wildman–Crippen LogP) is 6.06. The third-order valence-corrected chi connectivity index (χ3v) is 9.82. The lowest BCUT2D eigenvalue weighted by Crippen LogP contribution is -2.49. The summed E-state index contributed by atoms with van der Waals surface area (Å²) in [4.78, 5) is 39.7. The fraction of sp³-hybridized carbons (Fsp3) is 0.543. The molecule has 10 nitrogen and oxygen atoms in total. The fourth-order valence-corrected chi connectivity index (χ4v) is 6.57. The molecule has 2 amide bonds. The molecule has 254 valence electrons. The third-order valence-electron chi connectivity index (χ3n) is 8.18. The van der Waals surface area contributed by atoms with Gasteiger partial charge >= 0.3 is 12.1 Å². The first kappa shape index (κ1) is 36.0. The zero-order valence-corrected chi connectivity index (χ0v) is 29.0. The SMILES string of the molecule is CC(=O)OC1CC(C(=O)Nc2cc(C(CCC3CC3)(N[S@](=O)C(C)(C)C)c3cccc(C#N)c3)ccc2F)N(C(=O)OC(C)(C)C)C1. The summed E-state index contributed by atoms with van der Waals surface area (Å²) in [5.41, 5.74) is -0.418. The molecule has 3 unspecified atom stereocenters. The van der Waals surface area contributed by atoms with Gasteiger partial charge in [0, 0.05) is 13.3 Å². The highest BCUT2D eigenvalue weighted by atomic mass is 32.2. The van der Waals surface area contributed by atoms with Crippen molar-refractivity contribution in [1.29, 1.82) is 5.26 Å². The molecule has 1 aliphatic heterocycles. The van der Waals surface area contributed by atoms with Gasteiger partial charge in [-0.05, 0) is 95.7 Å². The van der Waals surface area contributed by atoms with Gasteiger partial charge in [0.05, 0.1) is 45.1 Å². The summed E-state index contributed by atoms with van der Waals surface area (Å²) in [6.45, 7) is 11.8. The number of rotatable bonds is 10. The number of benzene rings is 2. The molecule has 12 heteroatoms. The van der Waals surface area contributed by atoms with Crippen molar-refractivity contribution in [2.24, 2.45) is 5.92 Å². The number of hydrogen-bond donors (Lipinski definition) is 2. The van der Waals surface area contributed by atoms with Crippen LogP contribution in [0.25, 0.3) is 0 Å². The highest BCUT2D eigenvalue weighted by molar-refractivity contribution is 7.84. The first-order valence-electron chi connectivity index (χ1n) is 15.9. The molecule has 1 heterocycles. The van der Waals surface area contributed by atoms with Crippen LogP contribution in [-0.4, -0.2) is 56.1 Å². The van der Waals surface area contributed by atoms with Crippen LogP contribution in [0.15, 0.2) is 42.5 Å². The number of esters is 1. The van der Waals surface area contributed by atoms with Crippen molar-refractivity contribution in [2.45, 2.75) is 109 Å². The zero-order valence-electron chi connectivity index (χ0n) is 28.1. The minimum absolute atomic E-state index is 0.00433. The summed E-state index contributed by atoms with van der Waals surface area (Å²) in [6, 6.07) is 12.5. The Bertz CT molecular complexity index is 1570. The van der Waals surface area contributed by atoms with Crippen LogP contribution in [0.5, 0.6) is 0 Å². The number of carbonyl (C=O) groups is 3. The molecule has 2 aromatic carbocycles. The lowest BCUT2D eigenvalue weighted by molar-refractivity contribution is -0.145. The van der Waals surface area contributed by atoms with Gasteiger partial charge in [-0.3, -0.25) is 14.5 Å². The van der Waals surface area contributed by atoms with Crippen molar-refractivity contribution < 1.29 is 32.5 Å². The van der Waals surface area contributed by atoms with Crippen molar-refractivity contribution in [1.82, 2.24) is 9.62 Å². The molecule has 2 aromatic rings. The molecule has 2 N–H and O–H groups in total. The molecule has 1 saturated carbocycles. The maximum atomic E-state index is 15.5. The largest absolute Gasteiger partial charge is 0.461 e. The Kier molecular flexibility index (Phi) is 10.8. The molecule has 2 aliphatic rings. The molecule has 0 bridgehead atoms. The second kappa shape index (κ2) is 14.1. The molecule has 1 saturated heterocycles. The maximum Gasteiger partial charge on any atom is 0.411 e. The van der Waals surface area contributed by atoms with Crippen LogP contribution in [0.2, 0.25) is 0 Å². The Hall–Kier alpha value is -3.82. The van der Waals surface area contributed by atoms with Gasteiger partial charge in [0.15, 0.2) is 0 Å². The number of ether oxygens (including phenoxy) is 2. The quantitative estimate of drug-likeness (QED) is 0.294. The summed E-state index contributed by atoms with van der Waals surface area (Å²) in [7, 11) is -1.58. The Morgan fingerprint density at radius 1 is 1.06 bits per heavy atom. The molecule has 0 radical (unpaired) electrons. The molecule has 0 spiro atoms. The molecule has 1 aliphatic carbocycles. The van der Waals surface area contributed by atoms with E-state index in [1.54, 1.807) is 45.0 Å². The highest BCUT2D eigenvalue weighted by Gasteiger charge is 2.44. The maximum absolute atomic E-state index is 15.5. The van der Waals surface area contributed by atoms with E-state index in [2.05, 4.69) is 16.1 Å². The van der Waals surface area contributed by atoms with Gasteiger partial charge < -0.3 is 14.8 Å². The second-order valence-electron chi connectivity index (χ2n) is 14.4. The van der Waals surface area contributed by atoms with E-state index in [0.717, 1.165) is 19.3 Å². The lowest BCUT2D eigenvalue weighted by atomic mass is 9.79. The minimum Gasteiger partial charge on any atom is -0.461 e. The van der Waals surface area contributed by atoms with Gasteiger partial charge in [0.25, 0.3) is 0 Å². The normalized spacial score (nSPS) is 20.1. The summed E-state index contributed by atoms with van der Waals surface area (Å²) in [5, 5.41) is 12.4. The minimum atomic E-state index is -1.58. The van der Waals surface area contributed by atoms with E-state index >= 15 is 4.39 Å². The number of amides is 2.